The molecule has 6 nitrogen and oxygen atoms in total. The van der Waals surface area contributed by atoms with Gasteiger partial charge in [0.15, 0.2) is 5.13 Å². The van der Waals surface area contributed by atoms with Crippen LogP contribution in [0.3, 0.4) is 0 Å². The smallest absolute Gasteiger partial charge is 0.269 e. The second kappa shape index (κ2) is 6.77. The van der Waals surface area contributed by atoms with E-state index in [0.29, 0.717) is 21.4 Å². The van der Waals surface area contributed by atoms with Crippen molar-refractivity contribution in [3.05, 3.63) is 27.5 Å². The van der Waals surface area contributed by atoms with Gasteiger partial charge in [0.05, 0.1) is 11.6 Å². The van der Waals surface area contributed by atoms with Crippen molar-refractivity contribution in [1.82, 2.24) is 4.98 Å². The van der Waals surface area contributed by atoms with Crippen LogP contribution in [0.4, 0.5) is 16.6 Å². The lowest BCUT2D eigenvalue weighted by Crippen LogP contribution is -2.12. The molecule has 4 N–H and O–H groups in total. The van der Waals surface area contributed by atoms with Crippen molar-refractivity contribution in [2.45, 2.75) is 6.92 Å². The number of amides is 1. The number of nitrogens with zero attached hydrogens (tertiary/aromatic N) is 1. The molecule has 0 radical (unpaired) electrons. The Bertz CT molecular complexity index is 660. The van der Waals surface area contributed by atoms with Gasteiger partial charge in [0, 0.05) is 12.2 Å². The summed E-state index contributed by atoms with van der Waals surface area (Å²) in [5, 5.41) is 6.46. The Morgan fingerprint density at radius 3 is 2.90 bits per heavy atom. The van der Waals surface area contributed by atoms with E-state index in [1.807, 2.05) is 6.92 Å². The predicted molar refractivity (Wildman–Crippen MR) is 89.3 cm³/mol. The average molecular weight is 371 g/mol. The van der Waals surface area contributed by atoms with E-state index < -0.39 is 0 Å². The lowest BCUT2D eigenvalue weighted by atomic mass is 10.3. The number of anilines is 3. The Labute approximate surface area is 134 Å². The minimum absolute atomic E-state index is 0.223. The maximum Gasteiger partial charge on any atom is 0.269 e. The molecule has 1 aromatic heterocycles. The number of thiazole rings is 1. The van der Waals surface area contributed by atoms with Crippen LogP contribution in [0.15, 0.2) is 22.7 Å². The van der Waals surface area contributed by atoms with Crippen LogP contribution in [0.1, 0.15) is 16.6 Å². The summed E-state index contributed by atoms with van der Waals surface area (Å²) in [6.45, 7) is 2.67. The minimum atomic E-state index is -0.286. The van der Waals surface area contributed by atoms with E-state index in [0.717, 1.165) is 11.0 Å². The Balaban J connectivity index is 2.16. The lowest BCUT2D eigenvalue weighted by Gasteiger charge is -2.07. The summed E-state index contributed by atoms with van der Waals surface area (Å²) in [5.41, 5.74) is 6.41. The maximum atomic E-state index is 12.2. The first kappa shape index (κ1) is 15.6. The number of aromatic nitrogens is 1. The van der Waals surface area contributed by atoms with Gasteiger partial charge in [-0.05, 0) is 41.1 Å². The fourth-order valence-corrected chi connectivity index (χ4v) is 3.04. The highest BCUT2D eigenvalue weighted by Crippen LogP contribution is 2.29. The SMILES string of the molecule is CCNc1nc(N)c(C(=O)Nc2ccc(OC)c(Br)c2)s1. The fraction of sp³-hybridized carbons (Fsp3) is 0.231. The number of nitrogens with one attached hydrogen (secondary N) is 2. The van der Waals surface area contributed by atoms with Gasteiger partial charge in [-0.3, -0.25) is 4.79 Å². The second-order valence-electron chi connectivity index (χ2n) is 4.07. The molecule has 0 saturated carbocycles. The van der Waals surface area contributed by atoms with Crippen molar-refractivity contribution in [3.8, 4) is 5.75 Å². The van der Waals surface area contributed by atoms with Gasteiger partial charge in [0.1, 0.15) is 16.4 Å². The fourth-order valence-electron chi connectivity index (χ4n) is 1.65. The molecule has 0 spiro atoms. The summed E-state index contributed by atoms with van der Waals surface area (Å²) in [6.07, 6.45) is 0. The molecule has 0 unspecified atom stereocenters. The molecule has 1 heterocycles. The van der Waals surface area contributed by atoms with E-state index in [9.17, 15) is 4.79 Å². The van der Waals surface area contributed by atoms with Crippen LogP contribution in [0.25, 0.3) is 0 Å². The van der Waals surface area contributed by atoms with E-state index in [-0.39, 0.29) is 11.7 Å². The molecule has 1 amide bonds. The number of rotatable bonds is 5. The third kappa shape index (κ3) is 3.64. The van der Waals surface area contributed by atoms with E-state index in [4.69, 9.17) is 10.5 Å². The number of carbonyl (C=O) groups is 1. The zero-order valence-corrected chi connectivity index (χ0v) is 14.0. The molecule has 0 aliphatic heterocycles. The van der Waals surface area contributed by atoms with Crippen molar-refractivity contribution in [1.29, 1.82) is 0 Å². The van der Waals surface area contributed by atoms with Crippen molar-refractivity contribution in [2.24, 2.45) is 0 Å². The van der Waals surface area contributed by atoms with Crippen molar-refractivity contribution in [3.63, 3.8) is 0 Å². The molecule has 0 aliphatic rings. The van der Waals surface area contributed by atoms with Crippen molar-refractivity contribution >= 4 is 49.8 Å². The molecule has 21 heavy (non-hydrogen) atoms. The van der Waals surface area contributed by atoms with E-state index in [1.54, 1.807) is 25.3 Å². The van der Waals surface area contributed by atoms with E-state index in [1.165, 1.54) is 11.3 Å². The van der Waals surface area contributed by atoms with Gasteiger partial charge in [-0.1, -0.05) is 11.3 Å². The summed E-state index contributed by atoms with van der Waals surface area (Å²) in [4.78, 5) is 16.7. The molecule has 0 aliphatic carbocycles. The zero-order chi connectivity index (χ0) is 15.4. The first-order chi connectivity index (χ1) is 10.0. The molecular formula is C13H15BrN4O2S. The average Bonchev–Trinajstić information content (AvgIpc) is 2.80. The highest BCUT2D eigenvalue weighted by atomic mass is 79.9. The van der Waals surface area contributed by atoms with Gasteiger partial charge >= 0.3 is 0 Å². The Kier molecular flexibility index (Phi) is 5.03. The quantitative estimate of drug-likeness (QED) is 0.751. The molecule has 0 bridgehead atoms. The van der Waals surface area contributed by atoms with Crippen LogP contribution >= 0.6 is 27.3 Å². The lowest BCUT2D eigenvalue weighted by molar-refractivity contribution is 0.103. The molecule has 2 rings (SSSR count). The standard InChI is InChI=1S/C13H15BrN4O2S/c1-3-16-13-18-11(15)10(21-13)12(19)17-7-4-5-9(20-2)8(14)6-7/h4-6H,3,15H2,1-2H3,(H,16,18)(H,17,19). The molecule has 2 aromatic rings. The summed E-state index contributed by atoms with van der Waals surface area (Å²) >= 11 is 4.60. The minimum Gasteiger partial charge on any atom is -0.496 e. The monoisotopic (exact) mass is 370 g/mol. The zero-order valence-electron chi connectivity index (χ0n) is 11.6. The maximum absolute atomic E-state index is 12.2. The summed E-state index contributed by atoms with van der Waals surface area (Å²) in [6, 6.07) is 5.28. The molecule has 112 valence electrons. The first-order valence-corrected chi connectivity index (χ1v) is 7.81. The van der Waals surface area contributed by atoms with Gasteiger partial charge in [-0.25, -0.2) is 4.98 Å². The summed E-state index contributed by atoms with van der Waals surface area (Å²) in [5.74, 6) is 0.631. The van der Waals surface area contributed by atoms with Crippen molar-refractivity contribution in [2.75, 3.05) is 30.0 Å². The highest BCUT2D eigenvalue weighted by Gasteiger charge is 2.16. The van der Waals surface area contributed by atoms with Gasteiger partial charge in [-0.2, -0.15) is 0 Å². The normalized spacial score (nSPS) is 10.2. The van der Waals surface area contributed by atoms with E-state index >= 15 is 0 Å². The molecule has 8 heteroatoms. The Hall–Kier alpha value is -1.80. The number of halogens is 1. The van der Waals surface area contributed by atoms with Gasteiger partial charge in [0.25, 0.3) is 5.91 Å². The number of hydrogen-bond acceptors (Lipinski definition) is 6. The third-order valence-electron chi connectivity index (χ3n) is 2.60. The topological polar surface area (TPSA) is 89.3 Å². The summed E-state index contributed by atoms with van der Waals surface area (Å²) in [7, 11) is 1.58. The van der Waals surface area contributed by atoms with Crippen LogP contribution < -0.4 is 21.1 Å². The van der Waals surface area contributed by atoms with Crippen molar-refractivity contribution < 1.29 is 9.53 Å². The molecule has 0 saturated heterocycles. The highest BCUT2D eigenvalue weighted by molar-refractivity contribution is 9.10. The molecule has 0 atom stereocenters. The molecular weight excluding hydrogens is 356 g/mol. The predicted octanol–water partition coefficient (Wildman–Crippen LogP) is 3.18. The van der Waals surface area contributed by atoms with E-state index in [2.05, 4.69) is 31.5 Å². The number of ether oxygens (including phenoxy) is 1. The Morgan fingerprint density at radius 2 is 2.29 bits per heavy atom. The second-order valence-corrected chi connectivity index (χ2v) is 5.92. The number of methoxy groups -OCH3 is 1. The number of nitrogens with two attached hydrogens (primary N) is 1. The van der Waals surface area contributed by atoms with Crippen LogP contribution in [0.2, 0.25) is 0 Å². The third-order valence-corrected chi connectivity index (χ3v) is 4.24. The van der Waals surface area contributed by atoms with Crippen LogP contribution in [0.5, 0.6) is 5.75 Å². The van der Waals surface area contributed by atoms with Gasteiger partial charge in [-0.15, -0.1) is 0 Å². The first-order valence-electron chi connectivity index (χ1n) is 6.20. The molecule has 1 aromatic carbocycles. The van der Waals surface area contributed by atoms with Gasteiger partial charge < -0.3 is 21.1 Å². The van der Waals surface area contributed by atoms with Crippen LogP contribution in [-0.4, -0.2) is 24.5 Å². The number of hydrogen-bond donors (Lipinski definition) is 3. The number of benzene rings is 1. The van der Waals surface area contributed by atoms with Gasteiger partial charge in [0.2, 0.25) is 0 Å². The molecule has 0 fully saturated rings. The number of nitrogen functional groups attached to an aromatic ring is 1. The summed E-state index contributed by atoms with van der Waals surface area (Å²) < 4.78 is 5.90. The van der Waals surface area contributed by atoms with Crippen LogP contribution in [0, 0.1) is 0 Å². The number of carbonyl (C=O) groups excluding carboxylic acids is 1. The largest absolute Gasteiger partial charge is 0.496 e. The Morgan fingerprint density at radius 1 is 1.52 bits per heavy atom. The van der Waals surface area contributed by atoms with Crippen LogP contribution in [-0.2, 0) is 0 Å².